The summed E-state index contributed by atoms with van der Waals surface area (Å²) in [6.07, 6.45) is 3.81. The molecular weight excluding hydrogens is 397 g/mol. The summed E-state index contributed by atoms with van der Waals surface area (Å²) >= 11 is 0. The van der Waals surface area contributed by atoms with Gasteiger partial charge in [-0.05, 0) is 28.6 Å². The van der Waals surface area contributed by atoms with Gasteiger partial charge in [-0.25, -0.2) is 4.39 Å². The number of rotatable bonds is 5. The molecular formula is C28H26FN3. The Labute approximate surface area is 188 Å². The third-order valence-corrected chi connectivity index (χ3v) is 6.32. The van der Waals surface area contributed by atoms with Gasteiger partial charge in [-0.1, -0.05) is 73.3 Å². The van der Waals surface area contributed by atoms with Crippen LogP contribution >= 0.6 is 0 Å². The van der Waals surface area contributed by atoms with Crippen LogP contribution < -0.4 is 0 Å². The highest BCUT2D eigenvalue weighted by Gasteiger charge is 2.27. The van der Waals surface area contributed by atoms with Gasteiger partial charge in [0.2, 0.25) is 0 Å². The van der Waals surface area contributed by atoms with Crippen molar-refractivity contribution < 1.29 is 4.39 Å². The van der Waals surface area contributed by atoms with Crippen molar-refractivity contribution in [1.82, 2.24) is 14.8 Å². The summed E-state index contributed by atoms with van der Waals surface area (Å²) in [4.78, 5) is 9.21. The Bertz CT molecular complexity index is 1220. The molecule has 0 N–H and O–H groups in total. The Morgan fingerprint density at radius 2 is 1.53 bits per heavy atom. The molecule has 5 rings (SSSR count). The molecule has 1 aliphatic heterocycles. The number of nitrogens with zero attached hydrogens (tertiary/aromatic N) is 3. The average molecular weight is 424 g/mol. The fourth-order valence-corrected chi connectivity index (χ4v) is 4.69. The van der Waals surface area contributed by atoms with Crippen LogP contribution in [-0.4, -0.2) is 41.0 Å². The highest BCUT2D eigenvalue weighted by atomic mass is 19.1. The van der Waals surface area contributed by atoms with E-state index in [4.69, 9.17) is 0 Å². The Morgan fingerprint density at radius 1 is 0.812 bits per heavy atom. The first-order valence-electron chi connectivity index (χ1n) is 11.0. The summed E-state index contributed by atoms with van der Waals surface area (Å²) in [6.45, 7) is 7.87. The Morgan fingerprint density at radius 3 is 2.31 bits per heavy atom. The van der Waals surface area contributed by atoms with Gasteiger partial charge in [0.05, 0.1) is 6.04 Å². The van der Waals surface area contributed by atoms with Gasteiger partial charge in [0.1, 0.15) is 5.82 Å². The highest BCUT2D eigenvalue weighted by Crippen LogP contribution is 2.32. The number of hydrogen-bond acceptors (Lipinski definition) is 3. The van der Waals surface area contributed by atoms with Gasteiger partial charge in [-0.2, -0.15) is 0 Å². The Kier molecular flexibility index (Phi) is 5.70. The number of benzene rings is 3. The number of halogens is 1. The quantitative estimate of drug-likeness (QED) is 0.407. The second kappa shape index (κ2) is 8.93. The van der Waals surface area contributed by atoms with Crippen LogP contribution in [0.3, 0.4) is 0 Å². The molecule has 4 aromatic rings. The van der Waals surface area contributed by atoms with Crippen molar-refractivity contribution in [1.29, 1.82) is 0 Å². The van der Waals surface area contributed by atoms with Crippen molar-refractivity contribution in [2.45, 2.75) is 6.04 Å². The minimum atomic E-state index is -0.195. The lowest BCUT2D eigenvalue weighted by molar-refractivity contribution is 0.145. The van der Waals surface area contributed by atoms with Crippen LogP contribution in [0, 0.1) is 5.82 Å². The number of fused-ring (bicyclic) bond motifs is 1. The minimum absolute atomic E-state index is 0.0292. The number of hydrogen-bond donors (Lipinski definition) is 0. The average Bonchev–Trinajstić information content (AvgIpc) is 2.85. The van der Waals surface area contributed by atoms with E-state index in [-0.39, 0.29) is 11.9 Å². The predicted molar refractivity (Wildman–Crippen MR) is 129 cm³/mol. The lowest BCUT2D eigenvalue weighted by Crippen LogP contribution is -2.46. The molecule has 1 unspecified atom stereocenters. The van der Waals surface area contributed by atoms with Gasteiger partial charge in [0, 0.05) is 55.2 Å². The molecule has 2 heterocycles. The van der Waals surface area contributed by atoms with Crippen LogP contribution in [0.15, 0.2) is 97.8 Å². The molecule has 1 aromatic heterocycles. The molecule has 1 atom stereocenters. The largest absolute Gasteiger partial charge is 0.369 e. The maximum absolute atomic E-state index is 14.0. The van der Waals surface area contributed by atoms with E-state index in [1.807, 2.05) is 42.7 Å². The summed E-state index contributed by atoms with van der Waals surface area (Å²) in [5.41, 5.74) is 4.27. The van der Waals surface area contributed by atoms with Crippen molar-refractivity contribution in [2.24, 2.45) is 0 Å². The lowest BCUT2D eigenvalue weighted by Gasteiger charge is -2.41. The van der Waals surface area contributed by atoms with Crippen molar-refractivity contribution in [3.63, 3.8) is 0 Å². The van der Waals surface area contributed by atoms with E-state index >= 15 is 0 Å². The third-order valence-electron chi connectivity index (χ3n) is 6.32. The van der Waals surface area contributed by atoms with Crippen molar-refractivity contribution in [3.05, 3.63) is 120 Å². The lowest BCUT2D eigenvalue weighted by atomic mass is 9.96. The van der Waals surface area contributed by atoms with Crippen molar-refractivity contribution in [2.75, 3.05) is 26.2 Å². The fourth-order valence-electron chi connectivity index (χ4n) is 4.69. The van der Waals surface area contributed by atoms with E-state index in [2.05, 4.69) is 51.7 Å². The summed E-state index contributed by atoms with van der Waals surface area (Å²) in [5, 5.41) is 2.30. The van der Waals surface area contributed by atoms with Crippen LogP contribution in [0.25, 0.3) is 16.5 Å². The van der Waals surface area contributed by atoms with Gasteiger partial charge in [0.25, 0.3) is 0 Å². The molecule has 1 fully saturated rings. The number of aromatic nitrogens is 1. The summed E-state index contributed by atoms with van der Waals surface area (Å²) < 4.78 is 14.0. The smallest absolute Gasteiger partial charge is 0.123 e. The Balaban J connectivity index is 1.38. The summed E-state index contributed by atoms with van der Waals surface area (Å²) in [5.74, 6) is -0.195. The second-order valence-electron chi connectivity index (χ2n) is 8.25. The number of piperazine rings is 1. The van der Waals surface area contributed by atoms with E-state index in [9.17, 15) is 4.39 Å². The van der Waals surface area contributed by atoms with E-state index in [0.717, 1.165) is 48.4 Å². The fraction of sp³-hybridized carbons (Fsp3) is 0.179. The van der Waals surface area contributed by atoms with Crippen LogP contribution in [0.2, 0.25) is 0 Å². The second-order valence-corrected chi connectivity index (χ2v) is 8.25. The first-order chi connectivity index (χ1) is 15.7. The van der Waals surface area contributed by atoms with Gasteiger partial charge in [0.15, 0.2) is 0 Å². The molecule has 1 aliphatic rings. The highest BCUT2D eigenvalue weighted by molar-refractivity contribution is 5.92. The maximum Gasteiger partial charge on any atom is 0.123 e. The van der Waals surface area contributed by atoms with Gasteiger partial charge in [-0.15, -0.1) is 0 Å². The summed E-state index contributed by atoms with van der Waals surface area (Å²) in [7, 11) is 0. The van der Waals surface area contributed by atoms with Crippen molar-refractivity contribution >= 4 is 16.5 Å². The summed E-state index contributed by atoms with van der Waals surface area (Å²) in [6, 6.07) is 25.7. The molecule has 0 aliphatic carbocycles. The van der Waals surface area contributed by atoms with Gasteiger partial charge >= 0.3 is 0 Å². The zero-order chi connectivity index (χ0) is 21.9. The van der Waals surface area contributed by atoms with Gasteiger partial charge < -0.3 is 4.90 Å². The monoisotopic (exact) mass is 423 g/mol. The van der Waals surface area contributed by atoms with Crippen LogP contribution in [0.1, 0.15) is 22.7 Å². The normalized spacial score (nSPS) is 15.6. The molecule has 3 nitrogen and oxygen atoms in total. The Hall–Kier alpha value is -3.50. The van der Waals surface area contributed by atoms with E-state index < -0.39 is 0 Å². The molecule has 160 valence electrons. The third kappa shape index (κ3) is 4.02. The molecule has 0 amide bonds. The van der Waals surface area contributed by atoms with Crippen LogP contribution in [-0.2, 0) is 0 Å². The van der Waals surface area contributed by atoms with Crippen LogP contribution in [0.5, 0.6) is 0 Å². The standard InChI is InChI=1S/C28H26FN3/c1-21(27-20-30-19-24-10-5-6-13-26(24)27)31-14-16-32(17-15-31)28(22-8-3-2-4-9-22)23-11-7-12-25(29)18-23/h2-13,18-20,28H,1,14-17H2. The zero-order valence-corrected chi connectivity index (χ0v) is 18.0. The molecule has 0 radical (unpaired) electrons. The van der Waals surface area contributed by atoms with Crippen LogP contribution in [0.4, 0.5) is 4.39 Å². The molecule has 3 aromatic carbocycles. The molecule has 0 saturated carbocycles. The van der Waals surface area contributed by atoms with E-state index in [1.54, 1.807) is 12.1 Å². The number of pyridine rings is 1. The van der Waals surface area contributed by atoms with E-state index in [0.29, 0.717) is 0 Å². The zero-order valence-electron chi connectivity index (χ0n) is 18.0. The molecule has 1 saturated heterocycles. The first kappa shape index (κ1) is 20.4. The van der Waals surface area contributed by atoms with Crippen molar-refractivity contribution in [3.8, 4) is 0 Å². The van der Waals surface area contributed by atoms with Gasteiger partial charge in [-0.3, -0.25) is 9.88 Å². The SMILES string of the molecule is C=C(c1cncc2ccccc12)N1CCN(C(c2ccccc2)c2cccc(F)c2)CC1. The molecule has 4 heteroatoms. The predicted octanol–water partition coefficient (Wildman–Crippen LogP) is 5.75. The molecule has 0 bridgehead atoms. The minimum Gasteiger partial charge on any atom is -0.369 e. The maximum atomic E-state index is 14.0. The van der Waals surface area contributed by atoms with E-state index in [1.165, 1.54) is 17.0 Å². The first-order valence-corrected chi connectivity index (χ1v) is 11.0. The topological polar surface area (TPSA) is 19.4 Å². The molecule has 0 spiro atoms. The molecule has 32 heavy (non-hydrogen) atoms.